The molecule has 0 aliphatic rings. The van der Waals surface area contributed by atoms with Crippen LogP contribution in [-0.4, -0.2) is 6.29 Å². The highest BCUT2D eigenvalue weighted by molar-refractivity contribution is 4.20. The van der Waals surface area contributed by atoms with Crippen LogP contribution in [0.15, 0.2) is 0 Å². The third-order valence-corrected chi connectivity index (χ3v) is 0.333. The highest BCUT2D eigenvalue weighted by Crippen LogP contribution is 1.80. The van der Waals surface area contributed by atoms with E-state index >= 15 is 0 Å². The summed E-state index contributed by atoms with van der Waals surface area (Å²) in [5.74, 6) is 0. The molecule has 0 amide bonds. The second kappa shape index (κ2) is 2.18. The van der Waals surface area contributed by atoms with E-state index in [0.717, 1.165) is 0 Å². The average Bonchev–Trinajstić information content (AvgIpc) is 1.38. The topological polar surface area (TPSA) is 39.8 Å². The fraction of sp³-hybridized carbons (Fsp3) is 1.00. The molecule has 0 atom stereocenters. The lowest BCUT2D eigenvalue weighted by molar-refractivity contribution is -0.137. The first kappa shape index (κ1) is 4.92. The Balaban J connectivity index is 2.54. The van der Waals surface area contributed by atoms with Crippen molar-refractivity contribution in [2.45, 2.75) is 19.6 Å². The van der Waals surface area contributed by atoms with Gasteiger partial charge in [0.05, 0.1) is 0 Å². The Morgan fingerprint density at radius 1 is 1.60 bits per heavy atom. The molecular formula is C3H6O2. The van der Waals surface area contributed by atoms with E-state index in [1.807, 2.05) is 0 Å². The lowest BCUT2D eigenvalue weighted by Gasteiger charge is -1.81. The first-order chi connectivity index (χ1) is 2.27. The summed E-state index contributed by atoms with van der Waals surface area (Å²) in [4.78, 5) is 0. The molecule has 0 aromatic carbocycles. The summed E-state index contributed by atoms with van der Waals surface area (Å²) in [7, 11) is 0. The molecule has 0 aliphatic heterocycles. The Morgan fingerprint density at radius 2 is 1.80 bits per heavy atom. The Bertz CT molecular complexity index is 18.9. The number of hydrogen-bond donors (Lipinski definition) is 0. The Kier molecular flexibility index (Phi) is 2.14. The molecule has 2 nitrogen and oxygen atoms in total. The molecule has 0 unspecified atom stereocenters. The quantitative estimate of drug-likeness (QED) is 0.408. The van der Waals surface area contributed by atoms with Gasteiger partial charge >= 0.3 is 0 Å². The molecule has 0 spiro atoms. The van der Waals surface area contributed by atoms with Crippen LogP contribution in [-0.2, 0) is 10.2 Å². The normalized spacial score (nSPS) is 9.60. The van der Waals surface area contributed by atoms with Crippen molar-refractivity contribution >= 4 is 0 Å². The summed E-state index contributed by atoms with van der Waals surface area (Å²) < 4.78 is 0. The van der Waals surface area contributed by atoms with Crippen molar-refractivity contribution < 1.29 is 10.2 Å². The summed E-state index contributed by atoms with van der Waals surface area (Å²) in [5, 5.41) is 18.7. The first-order valence-electron chi connectivity index (χ1n) is 1.59. The van der Waals surface area contributed by atoms with Crippen molar-refractivity contribution in [1.29, 1.82) is 0 Å². The van der Waals surface area contributed by atoms with Crippen molar-refractivity contribution in [2.75, 3.05) is 0 Å². The van der Waals surface area contributed by atoms with E-state index in [0.29, 0.717) is 0 Å². The van der Waals surface area contributed by atoms with E-state index in [4.69, 9.17) is 0 Å². The molecule has 0 aromatic rings. The first-order valence-corrected chi connectivity index (χ1v) is 1.59. The van der Waals surface area contributed by atoms with Crippen molar-refractivity contribution in [2.24, 2.45) is 0 Å². The average molecular weight is 74.1 g/mol. The molecular weight excluding hydrogens is 68.0 g/mol. The minimum Gasteiger partial charge on any atom is -0.199 e. The summed E-state index contributed by atoms with van der Waals surface area (Å²) in [6.45, 7) is 1.57. The maximum Gasteiger partial charge on any atom is 0.224 e. The van der Waals surface area contributed by atoms with Crippen molar-refractivity contribution in [1.82, 2.24) is 0 Å². The van der Waals surface area contributed by atoms with Gasteiger partial charge in [-0.25, -0.2) is 0 Å². The SMILES string of the molecule is CCC([O])[O]. The molecule has 0 bridgehead atoms. The van der Waals surface area contributed by atoms with Crippen LogP contribution < -0.4 is 0 Å². The highest BCUT2D eigenvalue weighted by Gasteiger charge is 1.90. The zero-order valence-electron chi connectivity index (χ0n) is 3.10. The van der Waals surface area contributed by atoms with Crippen molar-refractivity contribution in [3.8, 4) is 0 Å². The maximum atomic E-state index is 9.34. The van der Waals surface area contributed by atoms with Gasteiger partial charge in [0.2, 0.25) is 6.29 Å². The fourth-order valence-electron chi connectivity index (χ4n) is 0. The van der Waals surface area contributed by atoms with E-state index in [1.54, 1.807) is 6.92 Å². The molecule has 0 aromatic heterocycles. The molecule has 30 valence electrons. The van der Waals surface area contributed by atoms with Crippen molar-refractivity contribution in [3.63, 3.8) is 0 Å². The van der Waals surface area contributed by atoms with E-state index in [2.05, 4.69) is 0 Å². The number of rotatable bonds is 1. The van der Waals surface area contributed by atoms with E-state index in [9.17, 15) is 10.2 Å². The van der Waals surface area contributed by atoms with Gasteiger partial charge in [0.15, 0.2) is 0 Å². The van der Waals surface area contributed by atoms with Crippen LogP contribution in [0.2, 0.25) is 0 Å². The zero-order valence-corrected chi connectivity index (χ0v) is 3.10. The predicted octanol–water partition coefficient (Wildman–Crippen LogP) is 0.584. The largest absolute Gasteiger partial charge is 0.224 e. The van der Waals surface area contributed by atoms with Gasteiger partial charge in [-0.2, -0.15) is 10.2 Å². The summed E-state index contributed by atoms with van der Waals surface area (Å²) in [6, 6.07) is 0. The Hall–Kier alpha value is -0.0800. The van der Waals surface area contributed by atoms with Gasteiger partial charge in [-0.05, 0) is 0 Å². The Morgan fingerprint density at radius 3 is 1.80 bits per heavy atom. The number of hydrogen-bond acceptors (Lipinski definition) is 0. The Labute approximate surface area is 31.1 Å². The highest BCUT2D eigenvalue weighted by atomic mass is 16.5. The van der Waals surface area contributed by atoms with Gasteiger partial charge in [-0.15, -0.1) is 0 Å². The lowest BCUT2D eigenvalue weighted by Crippen LogP contribution is -1.93. The van der Waals surface area contributed by atoms with Gasteiger partial charge in [0.25, 0.3) is 0 Å². The van der Waals surface area contributed by atoms with Crippen LogP contribution in [0.4, 0.5) is 0 Å². The van der Waals surface area contributed by atoms with Gasteiger partial charge in [0, 0.05) is 6.42 Å². The molecule has 0 heterocycles. The van der Waals surface area contributed by atoms with E-state index < -0.39 is 6.29 Å². The lowest BCUT2D eigenvalue weighted by atomic mass is 10.5. The van der Waals surface area contributed by atoms with Gasteiger partial charge < -0.3 is 0 Å². The second-order valence-electron chi connectivity index (χ2n) is 0.838. The molecule has 0 rings (SSSR count). The van der Waals surface area contributed by atoms with Gasteiger partial charge in [0.1, 0.15) is 0 Å². The molecule has 0 saturated carbocycles. The summed E-state index contributed by atoms with van der Waals surface area (Å²) in [5.41, 5.74) is 0. The maximum absolute atomic E-state index is 9.34. The molecule has 2 radical (unpaired) electrons. The van der Waals surface area contributed by atoms with Crippen LogP contribution in [0, 0.1) is 0 Å². The predicted molar refractivity (Wildman–Crippen MR) is 15.5 cm³/mol. The molecule has 2 heteroatoms. The van der Waals surface area contributed by atoms with E-state index in [-0.39, 0.29) is 6.42 Å². The monoisotopic (exact) mass is 74.0 g/mol. The minimum atomic E-state index is -1.62. The molecule has 0 aliphatic carbocycles. The molecule has 0 N–H and O–H groups in total. The second-order valence-corrected chi connectivity index (χ2v) is 0.838. The standard InChI is InChI=1S/C3H6O2/c1-2-3(4)5/h3H,2H2,1H3. The van der Waals surface area contributed by atoms with Crippen LogP contribution in [0.3, 0.4) is 0 Å². The van der Waals surface area contributed by atoms with Crippen LogP contribution in [0.5, 0.6) is 0 Å². The van der Waals surface area contributed by atoms with Crippen LogP contribution in [0.25, 0.3) is 0 Å². The minimum absolute atomic E-state index is 0.194. The third-order valence-electron chi connectivity index (χ3n) is 0.333. The third kappa shape index (κ3) is 3.92. The molecule has 5 heavy (non-hydrogen) atoms. The molecule has 0 saturated heterocycles. The smallest absolute Gasteiger partial charge is 0.199 e. The molecule has 0 fully saturated rings. The van der Waals surface area contributed by atoms with Gasteiger partial charge in [-0.1, -0.05) is 6.92 Å². The van der Waals surface area contributed by atoms with E-state index in [1.165, 1.54) is 0 Å². The van der Waals surface area contributed by atoms with Crippen LogP contribution >= 0.6 is 0 Å². The summed E-state index contributed by atoms with van der Waals surface area (Å²) >= 11 is 0. The summed E-state index contributed by atoms with van der Waals surface area (Å²) in [6.07, 6.45) is -1.42. The van der Waals surface area contributed by atoms with Crippen molar-refractivity contribution in [3.05, 3.63) is 0 Å². The van der Waals surface area contributed by atoms with Crippen LogP contribution in [0.1, 0.15) is 13.3 Å². The van der Waals surface area contributed by atoms with Gasteiger partial charge in [-0.3, -0.25) is 0 Å². The zero-order chi connectivity index (χ0) is 4.28. The fourth-order valence-corrected chi connectivity index (χ4v) is 0.